The first-order valence-corrected chi connectivity index (χ1v) is 9.01. The van der Waals surface area contributed by atoms with Crippen molar-refractivity contribution in [3.8, 4) is 22.8 Å². The van der Waals surface area contributed by atoms with Gasteiger partial charge in [0.15, 0.2) is 11.6 Å². The average Bonchev–Trinajstić information content (AvgIpc) is 3.35. The van der Waals surface area contributed by atoms with E-state index >= 15 is 0 Å². The minimum Gasteiger partial charge on any atom is -0.494 e. The molecule has 0 atom stereocenters. The highest BCUT2D eigenvalue weighted by atomic mass is 16.5. The maximum Gasteiger partial charge on any atom is 0.161 e. The van der Waals surface area contributed by atoms with E-state index in [-0.39, 0.29) is 0 Å². The first-order chi connectivity index (χ1) is 12.8. The summed E-state index contributed by atoms with van der Waals surface area (Å²) in [7, 11) is 1.66. The Bertz CT molecular complexity index is 880. The molecule has 3 aromatic rings. The van der Waals surface area contributed by atoms with Crippen LogP contribution in [0.2, 0.25) is 0 Å². The Kier molecular flexibility index (Phi) is 4.71. The Morgan fingerprint density at radius 1 is 1.23 bits per heavy atom. The van der Waals surface area contributed by atoms with E-state index in [1.54, 1.807) is 7.11 Å². The van der Waals surface area contributed by atoms with Gasteiger partial charge in [0.2, 0.25) is 0 Å². The lowest BCUT2D eigenvalue weighted by molar-refractivity contribution is 0.0835. The molecule has 7 nitrogen and oxygen atoms in total. The van der Waals surface area contributed by atoms with Crippen LogP contribution < -0.4 is 4.74 Å². The van der Waals surface area contributed by atoms with Crippen LogP contribution in [0.15, 0.2) is 36.7 Å². The summed E-state index contributed by atoms with van der Waals surface area (Å²) in [5, 5.41) is 9.24. The molecule has 1 aromatic carbocycles. The van der Waals surface area contributed by atoms with Gasteiger partial charge in [-0.25, -0.2) is 14.3 Å². The van der Waals surface area contributed by atoms with Crippen molar-refractivity contribution in [1.29, 1.82) is 0 Å². The predicted octanol–water partition coefficient (Wildman–Crippen LogP) is 3.05. The average molecular weight is 353 g/mol. The molecule has 3 heterocycles. The third-order valence-corrected chi connectivity index (χ3v) is 4.75. The maximum absolute atomic E-state index is 5.46. The van der Waals surface area contributed by atoms with E-state index in [1.807, 2.05) is 46.0 Å². The molecule has 0 bridgehead atoms. The van der Waals surface area contributed by atoms with Crippen LogP contribution in [0.5, 0.6) is 5.75 Å². The molecule has 0 amide bonds. The van der Waals surface area contributed by atoms with Gasteiger partial charge in [-0.05, 0) is 31.9 Å². The Hall–Kier alpha value is -2.67. The molecule has 0 saturated carbocycles. The smallest absolute Gasteiger partial charge is 0.161 e. The second kappa shape index (κ2) is 7.29. The van der Waals surface area contributed by atoms with E-state index in [0.29, 0.717) is 5.92 Å². The molecule has 0 radical (unpaired) electrons. The molecule has 4 rings (SSSR count). The minimum absolute atomic E-state index is 0.375. The van der Waals surface area contributed by atoms with E-state index in [2.05, 4.69) is 12.0 Å². The highest BCUT2D eigenvalue weighted by Gasteiger charge is 2.23. The van der Waals surface area contributed by atoms with Crippen LogP contribution in [0.1, 0.15) is 31.5 Å². The summed E-state index contributed by atoms with van der Waals surface area (Å²) in [6.07, 6.45) is 5.76. The molecule has 7 heteroatoms. The molecule has 136 valence electrons. The number of para-hydroxylation sites is 2. The molecule has 1 aliphatic rings. The molecule has 26 heavy (non-hydrogen) atoms. The number of methoxy groups -OCH3 is 1. The molecule has 1 fully saturated rings. The van der Waals surface area contributed by atoms with Gasteiger partial charge in [0.25, 0.3) is 0 Å². The SMILES string of the molecule is CCn1nc(C2CCOCC2)nc1-c1cnn(-c2ccccc2OC)c1. The number of hydrogen-bond acceptors (Lipinski definition) is 5. The topological polar surface area (TPSA) is 67.0 Å². The highest BCUT2D eigenvalue weighted by molar-refractivity contribution is 5.55. The van der Waals surface area contributed by atoms with Crippen LogP contribution in [0.3, 0.4) is 0 Å². The minimum atomic E-state index is 0.375. The van der Waals surface area contributed by atoms with E-state index in [1.165, 1.54) is 0 Å². The standard InChI is InChI=1S/C19H23N5O2/c1-3-23-19(21-18(22-23)14-8-10-26-11-9-14)15-12-20-24(13-15)16-6-4-5-7-17(16)25-2/h4-7,12-14H,3,8-11H2,1-2H3. The van der Waals surface area contributed by atoms with E-state index in [9.17, 15) is 0 Å². The second-order valence-electron chi connectivity index (χ2n) is 6.34. The van der Waals surface area contributed by atoms with Crippen LogP contribution in [0.4, 0.5) is 0 Å². The summed E-state index contributed by atoms with van der Waals surface area (Å²) < 4.78 is 14.7. The molecule has 0 N–H and O–H groups in total. The second-order valence-corrected chi connectivity index (χ2v) is 6.34. The fraction of sp³-hybridized carbons (Fsp3) is 0.421. The lowest BCUT2D eigenvalue weighted by atomic mass is 10.00. The molecule has 1 aliphatic heterocycles. The Balaban J connectivity index is 1.68. The zero-order valence-electron chi connectivity index (χ0n) is 15.1. The van der Waals surface area contributed by atoms with Crippen molar-refractivity contribution >= 4 is 0 Å². The molecule has 0 aliphatic carbocycles. The summed E-state index contributed by atoms with van der Waals surface area (Å²) in [6, 6.07) is 7.82. The van der Waals surface area contributed by atoms with Crippen molar-refractivity contribution in [2.75, 3.05) is 20.3 Å². The van der Waals surface area contributed by atoms with Crippen LogP contribution >= 0.6 is 0 Å². The third-order valence-electron chi connectivity index (χ3n) is 4.75. The summed E-state index contributed by atoms with van der Waals surface area (Å²) in [5.41, 5.74) is 1.84. The molecule has 1 saturated heterocycles. The summed E-state index contributed by atoms with van der Waals surface area (Å²) >= 11 is 0. The quantitative estimate of drug-likeness (QED) is 0.705. The van der Waals surface area contributed by atoms with Crippen LogP contribution in [0.25, 0.3) is 17.1 Å². The van der Waals surface area contributed by atoms with Gasteiger partial charge in [0.05, 0.1) is 18.9 Å². The van der Waals surface area contributed by atoms with Gasteiger partial charge in [-0.2, -0.15) is 10.2 Å². The molecule has 2 aromatic heterocycles. The zero-order valence-corrected chi connectivity index (χ0v) is 15.1. The lowest BCUT2D eigenvalue weighted by Gasteiger charge is -2.18. The van der Waals surface area contributed by atoms with Crippen molar-refractivity contribution in [3.05, 3.63) is 42.5 Å². The number of nitrogens with zero attached hydrogens (tertiary/aromatic N) is 5. The maximum atomic E-state index is 5.46. The van der Waals surface area contributed by atoms with Crippen molar-refractivity contribution in [2.24, 2.45) is 0 Å². The van der Waals surface area contributed by atoms with E-state index < -0.39 is 0 Å². The Morgan fingerprint density at radius 3 is 2.81 bits per heavy atom. The zero-order chi connectivity index (χ0) is 17.9. The number of aryl methyl sites for hydroxylation is 1. The third kappa shape index (κ3) is 3.10. The van der Waals surface area contributed by atoms with Gasteiger partial charge < -0.3 is 9.47 Å². The van der Waals surface area contributed by atoms with E-state index in [0.717, 1.165) is 61.2 Å². The monoisotopic (exact) mass is 353 g/mol. The van der Waals surface area contributed by atoms with E-state index in [4.69, 9.17) is 19.6 Å². The van der Waals surface area contributed by atoms with Gasteiger partial charge in [0, 0.05) is 31.9 Å². The van der Waals surface area contributed by atoms with Gasteiger partial charge in [-0.1, -0.05) is 12.1 Å². The first-order valence-electron chi connectivity index (χ1n) is 9.01. The Morgan fingerprint density at radius 2 is 2.04 bits per heavy atom. The predicted molar refractivity (Wildman–Crippen MR) is 97.6 cm³/mol. The molecular formula is C19H23N5O2. The first kappa shape index (κ1) is 16.8. The number of aromatic nitrogens is 5. The number of ether oxygens (including phenoxy) is 2. The van der Waals surface area contributed by atoms with Crippen molar-refractivity contribution in [2.45, 2.75) is 32.2 Å². The fourth-order valence-corrected chi connectivity index (χ4v) is 3.31. The molecule has 0 unspecified atom stereocenters. The summed E-state index contributed by atoms with van der Waals surface area (Å²) in [4.78, 5) is 4.84. The number of hydrogen-bond donors (Lipinski definition) is 0. The van der Waals surface area contributed by atoms with Crippen LogP contribution in [-0.2, 0) is 11.3 Å². The normalized spacial score (nSPS) is 15.3. The molecular weight excluding hydrogens is 330 g/mol. The summed E-state index contributed by atoms with van der Waals surface area (Å²) in [6.45, 7) is 4.42. The van der Waals surface area contributed by atoms with Crippen molar-refractivity contribution in [1.82, 2.24) is 24.5 Å². The van der Waals surface area contributed by atoms with Crippen molar-refractivity contribution in [3.63, 3.8) is 0 Å². The lowest BCUT2D eigenvalue weighted by Crippen LogP contribution is -2.15. The van der Waals surface area contributed by atoms with Gasteiger partial charge in [-0.3, -0.25) is 0 Å². The number of rotatable bonds is 5. The highest BCUT2D eigenvalue weighted by Crippen LogP contribution is 2.28. The number of benzene rings is 1. The van der Waals surface area contributed by atoms with Gasteiger partial charge in [0.1, 0.15) is 11.4 Å². The van der Waals surface area contributed by atoms with Crippen LogP contribution in [-0.4, -0.2) is 44.9 Å². The van der Waals surface area contributed by atoms with Gasteiger partial charge in [-0.15, -0.1) is 0 Å². The fourth-order valence-electron chi connectivity index (χ4n) is 3.31. The summed E-state index contributed by atoms with van der Waals surface area (Å²) in [5.74, 6) is 2.92. The Labute approximate surface area is 152 Å². The van der Waals surface area contributed by atoms with Crippen molar-refractivity contribution < 1.29 is 9.47 Å². The molecule has 0 spiro atoms. The largest absolute Gasteiger partial charge is 0.494 e. The van der Waals surface area contributed by atoms with Crippen LogP contribution in [0, 0.1) is 0 Å². The van der Waals surface area contributed by atoms with Gasteiger partial charge >= 0.3 is 0 Å².